The predicted octanol–water partition coefficient (Wildman–Crippen LogP) is -1.69. The molecule has 1 amide bonds. The second-order valence-electron chi connectivity index (χ2n) is 4.42. The summed E-state index contributed by atoms with van der Waals surface area (Å²) in [5.74, 6) is -0.0998. The number of hydrogen-bond donors (Lipinski definition) is 1. The fourth-order valence-electron chi connectivity index (χ4n) is 1.87. The Kier molecular flexibility index (Phi) is 3.61. The molecular formula is C11H16N4O3. The van der Waals surface area contributed by atoms with Gasteiger partial charge in [0.15, 0.2) is 0 Å². The Morgan fingerprint density at radius 2 is 1.94 bits per heavy atom. The molecular weight excluding hydrogens is 236 g/mol. The highest BCUT2D eigenvalue weighted by Gasteiger charge is 2.19. The first-order valence-corrected chi connectivity index (χ1v) is 5.82. The van der Waals surface area contributed by atoms with Crippen LogP contribution in [0.1, 0.15) is 0 Å². The number of hydrogen-bond acceptors (Lipinski definition) is 4. The monoisotopic (exact) mass is 252 g/mol. The van der Waals surface area contributed by atoms with E-state index in [1.54, 1.807) is 4.90 Å². The lowest BCUT2D eigenvalue weighted by Crippen LogP contribution is -2.48. The number of carbonyl (C=O) groups excluding carboxylic acids is 1. The van der Waals surface area contributed by atoms with Crippen LogP contribution in [0.15, 0.2) is 21.9 Å². The van der Waals surface area contributed by atoms with Gasteiger partial charge < -0.3 is 9.80 Å². The van der Waals surface area contributed by atoms with Crippen LogP contribution in [0.5, 0.6) is 0 Å². The molecule has 0 aromatic carbocycles. The van der Waals surface area contributed by atoms with Gasteiger partial charge in [0, 0.05) is 38.4 Å². The first kappa shape index (κ1) is 12.6. The molecule has 0 aliphatic carbocycles. The van der Waals surface area contributed by atoms with E-state index in [4.69, 9.17) is 0 Å². The van der Waals surface area contributed by atoms with Crippen molar-refractivity contribution < 1.29 is 4.79 Å². The van der Waals surface area contributed by atoms with Gasteiger partial charge in [-0.25, -0.2) is 4.79 Å². The SMILES string of the molecule is CN1CCN(C(=O)Cn2ccc(=O)[nH]c2=O)CC1. The highest BCUT2D eigenvalue weighted by atomic mass is 16.2. The Morgan fingerprint density at radius 1 is 1.28 bits per heavy atom. The highest BCUT2D eigenvalue weighted by Crippen LogP contribution is 2.00. The predicted molar refractivity (Wildman–Crippen MR) is 65.4 cm³/mol. The Morgan fingerprint density at radius 3 is 2.56 bits per heavy atom. The molecule has 0 saturated carbocycles. The zero-order valence-corrected chi connectivity index (χ0v) is 10.3. The van der Waals surface area contributed by atoms with E-state index in [0.29, 0.717) is 13.1 Å². The molecule has 18 heavy (non-hydrogen) atoms. The van der Waals surface area contributed by atoms with Crippen molar-refractivity contribution in [2.24, 2.45) is 0 Å². The fourth-order valence-corrected chi connectivity index (χ4v) is 1.87. The van der Waals surface area contributed by atoms with Gasteiger partial charge in [-0.3, -0.25) is 19.1 Å². The molecule has 1 aliphatic heterocycles. The van der Waals surface area contributed by atoms with Crippen LogP contribution in [0.25, 0.3) is 0 Å². The molecule has 0 spiro atoms. The summed E-state index contributed by atoms with van der Waals surface area (Å²) in [6.07, 6.45) is 1.34. The van der Waals surface area contributed by atoms with Crippen LogP contribution >= 0.6 is 0 Å². The number of aromatic nitrogens is 2. The maximum atomic E-state index is 12.0. The average Bonchev–Trinajstić information content (AvgIpc) is 2.33. The smallest absolute Gasteiger partial charge is 0.328 e. The zero-order chi connectivity index (χ0) is 13.1. The summed E-state index contributed by atoms with van der Waals surface area (Å²) < 4.78 is 1.21. The Labute approximate surface area is 104 Å². The minimum atomic E-state index is -0.551. The third kappa shape index (κ3) is 2.86. The van der Waals surface area contributed by atoms with Crippen LogP contribution in [-0.2, 0) is 11.3 Å². The molecule has 0 bridgehead atoms. The Balaban J connectivity index is 2.03. The van der Waals surface area contributed by atoms with Gasteiger partial charge in [0.25, 0.3) is 5.56 Å². The summed E-state index contributed by atoms with van der Waals surface area (Å²) in [6, 6.07) is 1.23. The van der Waals surface area contributed by atoms with E-state index in [9.17, 15) is 14.4 Å². The molecule has 1 aliphatic rings. The number of nitrogens with one attached hydrogen (secondary N) is 1. The van der Waals surface area contributed by atoms with Gasteiger partial charge in [0.2, 0.25) is 5.91 Å². The van der Waals surface area contributed by atoms with Crippen LogP contribution in [-0.4, -0.2) is 58.5 Å². The van der Waals surface area contributed by atoms with E-state index >= 15 is 0 Å². The van der Waals surface area contributed by atoms with Crippen molar-refractivity contribution in [2.45, 2.75) is 6.54 Å². The van der Waals surface area contributed by atoms with Gasteiger partial charge in [0.1, 0.15) is 6.54 Å². The largest absolute Gasteiger partial charge is 0.339 e. The number of aromatic amines is 1. The molecule has 1 aromatic rings. The molecule has 1 N–H and O–H groups in total. The summed E-state index contributed by atoms with van der Waals surface area (Å²) in [7, 11) is 2.01. The maximum Gasteiger partial charge on any atom is 0.328 e. The molecule has 0 unspecified atom stereocenters. The van der Waals surface area contributed by atoms with Crippen molar-refractivity contribution >= 4 is 5.91 Å². The minimum absolute atomic E-state index is 0.0284. The van der Waals surface area contributed by atoms with Gasteiger partial charge >= 0.3 is 5.69 Å². The number of nitrogens with zero attached hydrogens (tertiary/aromatic N) is 3. The fraction of sp³-hybridized carbons (Fsp3) is 0.545. The third-order valence-electron chi connectivity index (χ3n) is 3.06. The summed E-state index contributed by atoms with van der Waals surface area (Å²) in [5.41, 5.74) is -1.01. The molecule has 2 heterocycles. The molecule has 7 heteroatoms. The molecule has 2 rings (SSSR count). The summed E-state index contributed by atoms with van der Waals surface area (Å²) in [5, 5.41) is 0. The summed E-state index contributed by atoms with van der Waals surface area (Å²) in [4.78, 5) is 40.3. The lowest BCUT2D eigenvalue weighted by atomic mass is 10.3. The van der Waals surface area contributed by atoms with Crippen molar-refractivity contribution in [2.75, 3.05) is 33.2 Å². The number of carbonyl (C=O) groups is 1. The standard InChI is InChI=1S/C11H16N4O3/c1-13-4-6-14(7-5-13)10(17)8-15-3-2-9(16)12-11(15)18/h2-3H,4-8H2,1H3,(H,12,16,18). The molecule has 98 valence electrons. The van der Waals surface area contributed by atoms with Crippen molar-refractivity contribution in [3.05, 3.63) is 33.1 Å². The Hall–Kier alpha value is -1.89. The van der Waals surface area contributed by atoms with E-state index in [0.717, 1.165) is 13.1 Å². The van der Waals surface area contributed by atoms with Gasteiger partial charge in [-0.2, -0.15) is 0 Å². The first-order chi connectivity index (χ1) is 8.56. The quantitative estimate of drug-likeness (QED) is 0.681. The minimum Gasteiger partial charge on any atom is -0.339 e. The number of likely N-dealkylation sites (N-methyl/N-ethyl adjacent to an activating group) is 1. The third-order valence-corrected chi connectivity index (χ3v) is 3.06. The van der Waals surface area contributed by atoms with Crippen molar-refractivity contribution in [1.82, 2.24) is 19.4 Å². The highest BCUT2D eigenvalue weighted by molar-refractivity contribution is 5.76. The molecule has 0 atom stereocenters. The van der Waals surface area contributed by atoms with Crippen molar-refractivity contribution in [1.29, 1.82) is 0 Å². The lowest BCUT2D eigenvalue weighted by molar-refractivity contribution is -0.133. The van der Waals surface area contributed by atoms with Crippen LogP contribution in [0.4, 0.5) is 0 Å². The second-order valence-corrected chi connectivity index (χ2v) is 4.42. The molecule has 1 aromatic heterocycles. The van der Waals surface area contributed by atoms with E-state index in [-0.39, 0.29) is 12.5 Å². The molecule has 0 radical (unpaired) electrons. The summed E-state index contributed by atoms with van der Waals surface area (Å²) >= 11 is 0. The summed E-state index contributed by atoms with van der Waals surface area (Å²) in [6.45, 7) is 3.00. The number of rotatable bonds is 2. The van der Waals surface area contributed by atoms with Gasteiger partial charge in [-0.05, 0) is 7.05 Å². The zero-order valence-electron chi connectivity index (χ0n) is 10.3. The molecule has 1 fully saturated rings. The second kappa shape index (κ2) is 5.18. The van der Waals surface area contributed by atoms with E-state index in [2.05, 4.69) is 9.88 Å². The van der Waals surface area contributed by atoms with Crippen molar-refractivity contribution in [3.8, 4) is 0 Å². The average molecular weight is 252 g/mol. The van der Waals surface area contributed by atoms with Crippen LogP contribution < -0.4 is 11.2 Å². The van der Waals surface area contributed by atoms with Crippen LogP contribution in [0.2, 0.25) is 0 Å². The lowest BCUT2D eigenvalue weighted by Gasteiger charge is -2.32. The van der Waals surface area contributed by atoms with Crippen LogP contribution in [0, 0.1) is 0 Å². The van der Waals surface area contributed by atoms with Crippen LogP contribution in [0.3, 0.4) is 0 Å². The van der Waals surface area contributed by atoms with Gasteiger partial charge in [-0.15, -0.1) is 0 Å². The maximum absolute atomic E-state index is 12.0. The van der Waals surface area contributed by atoms with Gasteiger partial charge in [0.05, 0.1) is 0 Å². The normalized spacial score (nSPS) is 16.8. The molecule has 1 saturated heterocycles. The number of amides is 1. The number of piperazine rings is 1. The van der Waals surface area contributed by atoms with E-state index in [1.165, 1.54) is 16.8 Å². The Bertz CT molecular complexity index is 540. The van der Waals surface area contributed by atoms with Gasteiger partial charge in [-0.1, -0.05) is 0 Å². The van der Waals surface area contributed by atoms with Crippen molar-refractivity contribution in [3.63, 3.8) is 0 Å². The van der Waals surface area contributed by atoms with E-state index in [1.807, 2.05) is 7.05 Å². The van der Waals surface area contributed by atoms with E-state index < -0.39 is 11.2 Å². The molecule has 7 nitrogen and oxygen atoms in total. The number of H-pyrrole nitrogens is 1. The topological polar surface area (TPSA) is 78.4 Å². The first-order valence-electron chi connectivity index (χ1n) is 5.82.